The first-order chi connectivity index (χ1) is 5.78. The summed E-state index contributed by atoms with van der Waals surface area (Å²) in [6, 6.07) is 0. The van der Waals surface area contributed by atoms with Gasteiger partial charge in [0.1, 0.15) is 5.82 Å². The fourth-order valence-electron chi connectivity index (χ4n) is 0.793. The van der Waals surface area contributed by atoms with Crippen molar-refractivity contribution >= 4 is 18.3 Å². The van der Waals surface area contributed by atoms with Crippen LogP contribution in [-0.4, -0.2) is 11.3 Å². The Hall–Kier alpha value is -0.640. The zero-order valence-electron chi connectivity index (χ0n) is 8.73. The molecule has 0 atom stereocenters. The van der Waals surface area contributed by atoms with E-state index in [1.54, 1.807) is 0 Å². The maximum atomic E-state index is 7.53. The van der Waals surface area contributed by atoms with Crippen LogP contribution < -0.4 is 11.1 Å². The second kappa shape index (κ2) is 4.56. The monoisotopic (exact) mass is 201 g/mol. The molecule has 3 nitrogen and oxygen atoms in total. The van der Waals surface area contributed by atoms with Crippen molar-refractivity contribution in [1.82, 2.24) is 5.32 Å². The summed E-state index contributed by atoms with van der Waals surface area (Å²) in [4.78, 5) is 0.539. The molecule has 0 bridgehead atoms. The van der Waals surface area contributed by atoms with Gasteiger partial charge in [0, 0.05) is 11.3 Å². The number of thiol groups is 1. The number of nitrogens with one attached hydrogen (secondary N) is 2. The summed E-state index contributed by atoms with van der Waals surface area (Å²) in [5.74, 6) is 0.475. The minimum Gasteiger partial charge on any atom is -0.385 e. The van der Waals surface area contributed by atoms with Gasteiger partial charge in [-0.2, -0.15) is 0 Å². The highest BCUT2D eigenvalue weighted by atomic mass is 32.1. The zero-order chi connectivity index (χ0) is 10.6. The fraction of sp³-hybridized carbons (Fsp3) is 0.667. The summed E-state index contributed by atoms with van der Waals surface area (Å²) in [6.07, 6.45) is 0.644. The Bertz CT molecular complexity index is 226. The molecule has 0 aromatic carbocycles. The Morgan fingerprint density at radius 1 is 1.46 bits per heavy atom. The van der Waals surface area contributed by atoms with Crippen molar-refractivity contribution in [1.29, 1.82) is 5.41 Å². The van der Waals surface area contributed by atoms with Gasteiger partial charge in [0.15, 0.2) is 0 Å². The number of nitrogens with two attached hydrogens (primary N) is 1. The van der Waals surface area contributed by atoms with Crippen LogP contribution in [0.25, 0.3) is 0 Å². The van der Waals surface area contributed by atoms with Crippen molar-refractivity contribution in [2.24, 2.45) is 5.73 Å². The van der Waals surface area contributed by atoms with Gasteiger partial charge in [0.05, 0.1) is 4.91 Å². The van der Waals surface area contributed by atoms with Crippen LogP contribution in [0.1, 0.15) is 34.1 Å². The molecule has 0 rings (SSSR count). The highest BCUT2D eigenvalue weighted by Gasteiger charge is 2.12. The van der Waals surface area contributed by atoms with Crippen LogP contribution >= 0.6 is 12.6 Å². The van der Waals surface area contributed by atoms with Crippen LogP contribution in [0, 0.1) is 5.41 Å². The molecule has 0 aliphatic heterocycles. The highest BCUT2D eigenvalue weighted by Crippen LogP contribution is 2.10. The molecule has 0 fully saturated rings. The van der Waals surface area contributed by atoms with E-state index in [0.717, 1.165) is 0 Å². The van der Waals surface area contributed by atoms with Crippen LogP contribution in [-0.2, 0) is 0 Å². The topological polar surface area (TPSA) is 61.9 Å². The maximum Gasteiger partial charge on any atom is 0.112 e. The third-order valence-corrected chi connectivity index (χ3v) is 1.92. The van der Waals surface area contributed by atoms with E-state index in [1.165, 1.54) is 0 Å². The smallest absolute Gasteiger partial charge is 0.112 e. The molecule has 0 aliphatic rings. The largest absolute Gasteiger partial charge is 0.385 e. The van der Waals surface area contributed by atoms with Crippen LogP contribution in [0.2, 0.25) is 0 Å². The summed E-state index contributed by atoms with van der Waals surface area (Å²) >= 11 is 4.18. The van der Waals surface area contributed by atoms with Crippen molar-refractivity contribution in [3.63, 3.8) is 0 Å². The molecule has 0 aliphatic carbocycles. The quantitative estimate of drug-likeness (QED) is 0.416. The van der Waals surface area contributed by atoms with Crippen LogP contribution in [0.15, 0.2) is 10.7 Å². The average Bonchev–Trinajstić information content (AvgIpc) is 1.98. The van der Waals surface area contributed by atoms with Gasteiger partial charge in [-0.05, 0) is 27.2 Å². The first-order valence-electron chi connectivity index (χ1n) is 4.32. The molecule has 0 amide bonds. The summed E-state index contributed by atoms with van der Waals surface area (Å²) in [5, 5.41) is 10.6. The predicted molar refractivity (Wildman–Crippen MR) is 61.1 cm³/mol. The lowest BCUT2D eigenvalue weighted by Crippen LogP contribution is -2.39. The third-order valence-electron chi connectivity index (χ3n) is 1.40. The van der Waals surface area contributed by atoms with Crippen LogP contribution in [0.5, 0.6) is 0 Å². The number of hydrogen-bond acceptors (Lipinski definition) is 4. The molecule has 76 valence electrons. The molecular weight excluding hydrogens is 182 g/mol. The lowest BCUT2D eigenvalue weighted by atomic mass is 10.1. The van der Waals surface area contributed by atoms with Crippen LogP contribution in [0.3, 0.4) is 0 Å². The molecule has 0 heterocycles. The van der Waals surface area contributed by atoms with E-state index >= 15 is 0 Å². The SMILES string of the molecule is CCC(=N)/C(S)=C(\N)NC(C)(C)C. The van der Waals surface area contributed by atoms with Gasteiger partial charge in [-0.3, -0.25) is 0 Å². The van der Waals surface area contributed by atoms with Crippen molar-refractivity contribution in [2.75, 3.05) is 0 Å². The van der Waals surface area contributed by atoms with E-state index in [9.17, 15) is 0 Å². The van der Waals surface area contributed by atoms with E-state index < -0.39 is 0 Å². The second-order valence-electron chi connectivity index (χ2n) is 3.97. The van der Waals surface area contributed by atoms with E-state index in [1.807, 2.05) is 27.7 Å². The highest BCUT2D eigenvalue weighted by molar-refractivity contribution is 7.85. The van der Waals surface area contributed by atoms with Gasteiger partial charge in [-0.25, -0.2) is 0 Å². The summed E-state index contributed by atoms with van der Waals surface area (Å²) in [5.41, 5.74) is 6.10. The van der Waals surface area contributed by atoms with E-state index in [-0.39, 0.29) is 5.54 Å². The van der Waals surface area contributed by atoms with Crippen molar-refractivity contribution < 1.29 is 0 Å². The van der Waals surface area contributed by atoms with Gasteiger partial charge >= 0.3 is 0 Å². The zero-order valence-corrected chi connectivity index (χ0v) is 9.63. The molecular formula is C9H19N3S. The second-order valence-corrected chi connectivity index (χ2v) is 4.42. The Morgan fingerprint density at radius 2 is 1.92 bits per heavy atom. The first kappa shape index (κ1) is 12.4. The van der Waals surface area contributed by atoms with Gasteiger partial charge in [0.2, 0.25) is 0 Å². The number of rotatable bonds is 3. The summed E-state index contributed by atoms with van der Waals surface area (Å²) < 4.78 is 0. The van der Waals surface area contributed by atoms with E-state index in [2.05, 4.69) is 17.9 Å². The molecule has 4 N–H and O–H groups in total. The lowest BCUT2D eigenvalue weighted by molar-refractivity contribution is 0.470. The molecule has 0 unspecified atom stereocenters. The standard InChI is InChI=1S/C9H19N3S/c1-5-6(10)7(13)8(11)12-9(2,3)4/h10,12-13H,5,11H2,1-4H3/b8-7-,10-6?. The average molecular weight is 201 g/mol. The fourth-order valence-corrected chi connectivity index (χ4v) is 1.01. The molecule has 0 saturated carbocycles. The predicted octanol–water partition coefficient (Wildman–Crippen LogP) is 1.86. The molecule has 13 heavy (non-hydrogen) atoms. The Kier molecular flexibility index (Phi) is 4.33. The molecule has 0 aromatic rings. The van der Waals surface area contributed by atoms with Crippen molar-refractivity contribution in [2.45, 2.75) is 39.7 Å². The lowest BCUT2D eigenvalue weighted by Gasteiger charge is -2.23. The third kappa shape index (κ3) is 4.83. The Balaban J connectivity index is 4.54. The minimum absolute atomic E-state index is 0.0912. The Morgan fingerprint density at radius 3 is 2.23 bits per heavy atom. The van der Waals surface area contributed by atoms with Crippen LogP contribution in [0.4, 0.5) is 0 Å². The molecule has 0 aromatic heterocycles. The summed E-state index contributed by atoms with van der Waals surface area (Å²) in [6.45, 7) is 7.94. The van der Waals surface area contributed by atoms with E-state index in [4.69, 9.17) is 11.1 Å². The van der Waals surface area contributed by atoms with E-state index in [0.29, 0.717) is 22.9 Å². The van der Waals surface area contributed by atoms with Crippen molar-refractivity contribution in [3.05, 3.63) is 10.7 Å². The van der Waals surface area contributed by atoms with Gasteiger partial charge in [0.25, 0.3) is 0 Å². The number of hydrogen-bond donors (Lipinski definition) is 4. The Labute approximate surface area is 85.7 Å². The van der Waals surface area contributed by atoms with Crippen molar-refractivity contribution in [3.8, 4) is 0 Å². The van der Waals surface area contributed by atoms with Gasteiger partial charge < -0.3 is 16.5 Å². The van der Waals surface area contributed by atoms with Gasteiger partial charge in [-0.1, -0.05) is 6.92 Å². The molecule has 4 heteroatoms. The molecule has 0 radical (unpaired) electrons. The minimum atomic E-state index is -0.0912. The molecule has 0 spiro atoms. The van der Waals surface area contributed by atoms with Gasteiger partial charge in [-0.15, -0.1) is 12.6 Å². The normalized spacial score (nSPS) is 13.6. The number of allylic oxidation sites excluding steroid dienone is 1. The molecule has 0 saturated heterocycles. The maximum absolute atomic E-state index is 7.53. The summed E-state index contributed by atoms with van der Waals surface area (Å²) in [7, 11) is 0. The first-order valence-corrected chi connectivity index (χ1v) is 4.77.